The van der Waals surface area contributed by atoms with Crippen molar-refractivity contribution in [1.29, 1.82) is 0 Å². The lowest BCUT2D eigenvalue weighted by Crippen LogP contribution is -2.28. The number of methoxy groups -OCH3 is 1. The number of hydrogen-bond acceptors (Lipinski definition) is 5. The zero-order valence-corrected chi connectivity index (χ0v) is 9.26. The number of hydrogen-bond donors (Lipinski definition) is 0. The van der Waals surface area contributed by atoms with Crippen LogP contribution in [0.1, 0.15) is 13.8 Å². The highest BCUT2D eigenvalue weighted by atomic mass is 32.2. The van der Waals surface area contributed by atoms with E-state index in [-0.39, 0.29) is 5.97 Å². The van der Waals surface area contributed by atoms with Gasteiger partial charge in [0.2, 0.25) is 0 Å². The summed E-state index contributed by atoms with van der Waals surface area (Å²) in [4.78, 5) is 15.3. The first-order valence-corrected chi connectivity index (χ1v) is 5.15. The Morgan fingerprint density at radius 2 is 2.43 bits per heavy atom. The van der Waals surface area contributed by atoms with E-state index in [9.17, 15) is 4.79 Å². The standard InChI is InChI=1S/C9H13NO3S/c1-9(2,7(11)12-3)6-14-8-10-4-5-13-8/h4-5H,6H2,1-3H3. The van der Waals surface area contributed by atoms with Crippen LogP contribution in [0.25, 0.3) is 0 Å². The quantitative estimate of drug-likeness (QED) is 0.567. The average molecular weight is 215 g/mol. The molecule has 0 N–H and O–H groups in total. The second kappa shape index (κ2) is 4.50. The second-order valence-corrected chi connectivity index (χ2v) is 4.39. The minimum atomic E-state index is -0.520. The third-order valence-corrected chi connectivity index (χ3v) is 3.02. The van der Waals surface area contributed by atoms with Gasteiger partial charge in [-0.05, 0) is 13.8 Å². The summed E-state index contributed by atoms with van der Waals surface area (Å²) in [5.41, 5.74) is -0.520. The van der Waals surface area contributed by atoms with E-state index in [1.165, 1.54) is 25.1 Å². The van der Waals surface area contributed by atoms with Gasteiger partial charge in [0.15, 0.2) is 0 Å². The van der Waals surface area contributed by atoms with Crippen LogP contribution in [0, 0.1) is 5.41 Å². The monoisotopic (exact) mass is 215 g/mol. The highest BCUT2D eigenvalue weighted by molar-refractivity contribution is 7.99. The fourth-order valence-corrected chi connectivity index (χ4v) is 1.72. The SMILES string of the molecule is COC(=O)C(C)(C)CSc1ncco1. The molecule has 4 nitrogen and oxygen atoms in total. The molecule has 14 heavy (non-hydrogen) atoms. The van der Waals surface area contributed by atoms with E-state index in [0.29, 0.717) is 11.0 Å². The topological polar surface area (TPSA) is 52.3 Å². The van der Waals surface area contributed by atoms with Crippen molar-refractivity contribution in [3.63, 3.8) is 0 Å². The lowest BCUT2D eigenvalue weighted by molar-refractivity contribution is -0.149. The van der Waals surface area contributed by atoms with Crippen molar-refractivity contribution < 1.29 is 13.9 Å². The molecule has 0 aliphatic heterocycles. The molecule has 1 aromatic heterocycles. The summed E-state index contributed by atoms with van der Waals surface area (Å²) in [7, 11) is 1.39. The van der Waals surface area contributed by atoms with E-state index in [1.54, 1.807) is 6.20 Å². The summed E-state index contributed by atoms with van der Waals surface area (Å²) < 4.78 is 9.72. The van der Waals surface area contributed by atoms with Crippen LogP contribution in [0.3, 0.4) is 0 Å². The molecule has 0 fully saturated rings. The molecule has 0 aliphatic rings. The first kappa shape index (κ1) is 11.1. The summed E-state index contributed by atoms with van der Waals surface area (Å²) in [5, 5.41) is 0.571. The Morgan fingerprint density at radius 1 is 1.71 bits per heavy atom. The maximum Gasteiger partial charge on any atom is 0.312 e. The van der Waals surface area contributed by atoms with Gasteiger partial charge in [0, 0.05) is 5.75 Å². The smallest absolute Gasteiger partial charge is 0.312 e. The average Bonchev–Trinajstić information content (AvgIpc) is 2.66. The number of ether oxygens (including phenoxy) is 1. The Labute approximate surface area is 87.0 Å². The highest BCUT2D eigenvalue weighted by Gasteiger charge is 2.29. The van der Waals surface area contributed by atoms with Gasteiger partial charge in [-0.1, -0.05) is 11.8 Å². The van der Waals surface area contributed by atoms with Gasteiger partial charge in [-0.3, -0.25) is 4.79 Å². The Hall–Kier alpha value is -0.970. The maximum absolute atomic E-state index is 11.3. The number of carbonyl (C=O) groups is 1. The molecule has 0 saturated carbocycles. The molecule has 1 heterocycles. The van der Waals surface area contributed by atoms with Crippen LogP contribution >= 0.6 is 11.8 Å². The van der Waals surface area contributed by atoms with Crippen molar-refractivity contribution in [1.82, 2.24) is 4.98 Å². The Balaban J connectivity index is 2.48. The Morgan fingerprint density at radius 3 is 2.93 bits per heavy atom. The van der Waals surface area contributed by atoms with E-state index in [4.69, 9.17) is 4.42 Å². The first-order chi connectivity index (χ1) is 6.56. The zero-order chi connectivity index (χ0) is 10.6. The van der Waals surface area contributed by atoms with Crippen LogP contribution in [-0.2, 0) is 9.53 Å². The highest BCUT2D eigenvalue weighted by Crippen LogP contribution is 2.27. The molecule has 0 radical (unpaired) electrons. The second-order valence-electron chi connectivity index (χ2n) is 3.46. The molecule has 1 rings (SSSR count). The number of oxazole rings is 1. The van der Waals surface area contributed by atoms with Crippen molar-refractivity contribution in [2.24, 2.45) is 5.41 Å². The molecule has 0 aromatic carbocycles. The first-order valence-electron chi connectivity index (χ1n) is 4.17. The molecule has 0 aliphatic carbocycles. The molecular formula is C9H13NO3S. The molecular weight excluding hydrogens is 202 g/mol. The van der Waals surface area contributed by atoms with Crippen LogP contribution in [-0.4, -0.2) is 23.8 Å². The Bertz CT molecular complexity index is 295. The van der Waals surface area contributed by atoms with Gasteiger partial charge in [-0.2, -0.15) is 0 Å². The minimum Gasteiger partial charge on any atom is -0.469 e. The number of esters is 1. The largest absolute Gasteiger partial charge is 0.469 e. The van der Waals surface area contributed by atoms with Gasteiger partial charge in [0.25, 0.3) is 5.22 Å². The molecule has 0 amide bonds. The van der Waals surface area contributed by atoms with Crippen molar-refractivity contribution in [2.75, 3.05) is 12.9 Å². The predicted octanol–water partition coefficient (Wildman–Crippen LogP) is 1.97. The van der Waals surface area contributed by atoms with Crippen LogP contribution < -0.4 is 0 Å². The fourth-order valence-electron chi connectivity index (χ4n) is 0.859. The van der Waals surface area contributed by atoms with Crippen molar-refractivity contribution in [2.45, 2.75) is 19.1 Å². The summed E-state index contributed by atoms with van der Waals surface area (Å²) >= 11 is 1.40. The third-order valence-electron chi connectivity index (χ3n) is 1.70. The lowest BCUT2D eigenvalue weighted by atomic mass is 9.97. The number of rotatable bonds is 4. The van der Waals surface area contributed by atoms with Crippen molar-refractivity contribution in [3.8, 4) is 0 Å². The molecule has 0 bridgehead atoms. The molecule has 0 spiro atoms. The van der Waals surface area contributed by atoms with E-state index in [1.807, 2.05) is 13.8 Å². The molecule has 5 heteroatoms. The molecule has 0 unspecified atom stereocenters. The lowest BCUT2D eigenvalue weighted by Gasteiger charge is -2.19. The van der Waals surface area contributed by atoms with Crippen LogP contribution in [0.2, 0.25) is 0 Å². The number of thioether (sulfide) groups is 1. The van der Waals surface area contributed by atoms with E-state index >= 15 is 0 Å². The minimum absolute atomic E-state index is 0.225. The molecule has 78 valence electrons. The molecule has 0 atom stereocenters. The zero-order valence-electron chi connectivity index (χ0n) is 8.44. The van der Waals surface area contributed by atoms with E-state index in [2.05, 4.69) is 9.72 Å². The summed E-state index contributed by atoms with van der Waals surface area (Å²) in [6.07, 6.45) is 3.08. The van der Waals surface area contributed by atoms with E-state index in [0.717, 1.165) is 0 Å². The maximum atomic E-state index is 11.3. The van der Waals surface area contributed by atoms with Gasteiger partial charge in [0.05, 0.1) is 18.7 Å². The van der Waals surface area contributed by atoms with Gasteiger partial charge in [-0.15, -0.1) is 0 Å². The van der Waals surface area contributed by atoms with Crippen LogP contribution in [0.4, 0.5) is 0 Å². The van der Waals surface area contributed by atoms with Gasteiger partial charge in [-0.25, -0.2) is 4.98 Å². The van der Waals surface area contributed by atoms with Crippen LogP contribution in [0.5, 0.6) is 0 Å². The molecule has 1 aromatic rings. The summed E-state index contributed by atoms with van der Waals surface area (Å²) in [6.45, 7) is 3.66. The Kier molecular flexibility index (Phi) is 3.57. The van der Waals surface area contributed by atoms with Crippen molar-refractivity contribution in [3.05, 3.63) is 12.5 Å². The van der Waals surface area contributed by atoms with E-state index < -0.39 is 5.41 Å². The number of nitrogens with zero attached hydrogens (tertiary/aromatic N) is 1. The van der Waals surface area contributed by atoms with Gasteiger partial charge < -0.3 is 9.15 Å². The van der Waals surface area contributed by atoms with Crippen molar-refractivity contribution >= 4 is 17.7 Å². The number of carbonyl (C=O) groups excluding carboxylic acids is 1. The van der Waals surface area contributed by atoms with Gasteiger partial charge in [0.1, 0.15) is 6.26 Å². The summed E-state index contributed by atoms with van der Waals surface area (Å²) in [6, 6.07) is 0. The molecule has 0 saturated heterocycles. The number of aromatic nitrogens is 1. The third kappa shape index (κ3) is 2.77. The normalized spacial score (nSPS) is 11.4. The fraction of sp³-hybridized carbons (Fsp3) is 0.556. The summed E-state index contributed by atoms with van der Waals surface area (Å²) in [5.74, 6) is 0.358. The van der Waals surface area contributed by atoms with Crippen LogP contribution in [0.15, 0.2) is 22.1 Å². The van der Waals surface area contributed by atoms with Gasteiger partial charge >= 0.3 is 5.97 Å². The predicted molar refractivity (Wildman–Crippen MR) is 53.0 cm³/mol.